The number of hydrogen-bond donors (Lipinski definition) is 2. The van der Waals surface area contributed by atoms with Gasteiger partial charge in [-0.3, -0.25) is 5.10 Å². The first-order chi connectivity index (χ1) is 7.27. The van der Waals surface area contributed by atoms with Crippen LogP contribution in [-0.4, -0.2) is 15.2 Å². The van der Waals surface area contributed by atoms with E-state index in [1.54, 1.807) is 0 Å². The lowest BCUT2D eigenvalue weighted by Gasteiger charge is -1.95. The lowest BCUT2D eigenvalue weighted by molar-refractivity contribution is 0.990. The number of H-pyrrole nitrogens is 2. The van der Waals surface area contributed by atoms with Crippen molar-refractivity contribution in [3.05, 3.63) is 34.6 Å². The maximum atomic E-state index is 5.21. The third-order valence-electron chi connectivity index (χ3n) is 2.62. The lowest BCUT2D eigenvalue weighted by Crippen LogP contribution is -1.87. The van der Waals surface area contributed by atoms with E-state index < -0.39 is 0 Å². The summed E-state index contributed by atoms with van der Waals surface area (Å²) in [5.74, 6) is 0. The molecule has 0 radical (unpaired) electrons. The lowest BCUT2D eigenvalue weighted by atomic mass is 10.1. The van der Waals surface area contributed by atoms with Crippen molar-refractivity contribution in [2.24, 2.45) is 0 Å². The van der Waals surface area contributed by atoms with E-state index in [2.05, 4.69) is 21.2 Å². The van der Waals surface area contributed by atoms with Crippen LogP contribution in [0.15, 0.2) is 24.3 Å². The van der Waals surface area contributed by atoms with Crippen LogP contribution < -0.4 is 0 Å². The molecular formula is C11H9N3S. The van der Waals surface area contributed by atoms with Crippen LogP contribution in [0.4, 0.5) is 0 Å². The van der Waals surface area contributed by atoms with Gasteiger partial charge < -0.3 is 4.98 Å². The monoisotopic (exact) mass is 215 g/mol. The van der Waals surface area contributed by atoms with E-state index in [9.17, 15) is 0 Å². The average molecular weight is 215 g/mol. The van der Waals surface area contributed by atoms with Crippen molar-refractivity contribution in [2.45, 2.75) is 6.92 Å². The third kappa shape index (κ3) is 1.11. The van der Waals surface area contributed by atoms with Crippen molar-refractivity contribution < 1.29 is 0 Å². The largest absolute Gasteiger partial charge is 0.352 e. The minimum Gasteiger partial charge on any atom is -0.352 e. The van der Waals surface area contributed by atoms with Crippen molar-refractivity contribution >= 4 is 34.0 Å². The second-order valence-electron chi connectivity index (χ2n) is 3.56. The Morgan fingerprint density at radius 3 is 2.93 bits per heavy atom. The van der Waals surface area contributed by atoms with Crippen molar-refractivity contribution in [1.29, 1.82) is 0 Å². The van der Waals surface area contributed by atoms with Crippen molar-refractivity contribution in [2.75, 3.05) is 0 Å². The van der Waals surface area contributed by atoms with Crippen molar-refractivity contribution in [1.82, 2.24) is 15.2 Å². The number of aryl methyl sites for hydroxylation is 1. The number of fused-ring (bicyclic) bond motifs is 3. The van der Waals surface area contributed by atoms with Gasteiger partial charge in [0.2, 0.25) is 0 Å². The van der Waals surface area contributed by atoms with E-state index in [0.29, 0.717) is 4.64 Å². The van der Waals surface area contributed by atoms with Gasteiger partial charge in [0.25, 0.3) is 0 Å². The summed E-state index contributed by atoms with van der Waals surface area (Å²) < 4.78 is 0.659. The molecule has 0 aliphatic rings. The zero-order chi connectivity index (χ0) is 10.4. The van der Waals surface area contributed by atoms with Gasteiger partial charge in [-0.2, -0.15) is 5.10 Å². The van der Waals surface area contributed by atoms with E-state index in [-0.39, 0.29) is 0 Å². The Bertz CT molecular complexity index is 708. The van der Waals surface area contributed by atoms with Gasteiger partial charge in [-0.25, -0.2) is 0 Å². The van der Waals surface area contributed by atoms with E-state index >= 15 is 0 Å². The first-order valence-electron chi connectivity index (χ1n) is 4.73. The van der Waals surface area contributed by atoms with Crippen LogP contribution in [-0.2, 0) is 0 Å². The average Bonchev–Trinajstić information content (AvgIpc) is 2.64. The summed E-state index contributed by atoms with van der Waals surface area (Å²) in [6.45, 7) is 1.98. The Morgan fingerprint density at radius 2 is 2.07 bits per heavy atom. The number of aromatic amines is 2. The fraction of sp³-hybridized carbons (Fsp3) is 0.0909. The maximum absolute atomic E-state index is 5.21. The Hall–Kier alpha value is -1.68. The van der Waals surface area contributed by atoms with Crippen LogP contribution in [0, 0.1) is 11.6 Å². The molecule has 0 atom stereocenters. The zero-order valence-electron chi connectivity index (χ0n) is 8.16. The molecule has 0 aliphatic heterocycles. The molecule has 0 saturated heterocycles. The van der Waals surface area contributed by atoms with Gasteiger partial charge in [-0.1, -0.05) is 30.4 Å². The first kappa shape index (κ1) is 8.61. The van der Waals surface area contributed by atoms with Crippen LogP contribution in [0.2, 0.25) is 0 Å². The second kappa shape index (κ2) is 2.90. The molecule has 74 valence electrons. The molecule has 2 N–H and O–H groups in total. The van der Waals surface area contributed by atoms with Gasteiger partial charge in [0.05, 0.1) is 11.2 Å². The van der Waals surface area contributed by atoms with Crippen LogP contribution in [0.3, 0.4) is 0 Å². The Labute approximate surface area is 91.1 Å². The predicted molar refractivity (Wildman–Crippen MR) is 63.5 cm³/mol. The van der Waals surface area contributed by atoms with Crippen molar-refractivity contribution in [3.63, 3.8) is 0 Å². The zero-order valence-corrected chi connectivity index (χ0v) is 8.98. The Morgan fingerprint density at radius 1 is 1.27 bits per heavy atom. The predicted octanol–water partition coefficient (Wildman–Crippen LogP) is 3.08. The van der Waals surface area contributed by atoms with Crippen LogP contribution in [0.1, 0.15) is 5.69 Å². The van der Waals surface area contributed by atoms with Crippen LogP contribution in [0.25, 0.3) is 21.8 Å². The van der Waals surface area contributed by atoms with E-state index in [0.717, 1.165) is 22.1 Å². The van der Waals surface area contributed by atoms with Gasteiger partial charge in [0.1, 0.15) is 4.64 Å². The smallest absolute Gasteiger partial charge is 0.144 e. The molecule has 0 spiro atoms. The summed E-state index contributed by atoms with van der Waals surface area (Å²) in [6.07, 6.45) is 0. The topological polar surface area (TPSA) is 44.5 Å². The molecule has 0 bridgehead atoms. The van der Waals surface area contributed by atoms with E-state index in [1.807, 2.05) is 25.1 Å². The molecule has 0 saturated carbocycles. The molecule has 3 aromatic rings. The minimum absolute atomic E-state index is 0.659. The molecule has 0 fully saturated rings. The maximum Gasteiger partial charge on any atom is 0.144 e. The Kier molecular flexibility index (Phi) is 1.67. The molecule has 4 heteroatoms. The summed E-state index contributed by atoms with van der Waals surface area (Å²) in [5, 5.41) is 9.32. The number of nitrogens with zero attached hydrogens (tertiary/aromatic N) is 1. The number of aromatic nitrogens is 3. The fourth-order valence-corrected chi connectivity index (χ4v) is 2.13. The molecule has 0 aliphatic carbocycles. The number of benzene rings is 1. The normalized spacial score (nSPS) is 11.3. The summed E-state index contributed by atoms with van der Waals surface area (Å²) >= 11 is 5.21. The third-order valence-corrected chi connectivity index (χ3v) is 2.92. The quantitative estimate of drug-likeness (QED) is 0.566. The summed E-state index contributed by atoms with van der Waals surface area (Å²) in [7, 11) is 0. The molecule has 1 aromatic carbocycles. The summed E-state index contributed by atoms with van der Waals surface area (Å²) in [6, 6.07) is 8.16. The number of hydrogen-bond acceptors (Lipinski definition) is 2. The highest BCUT2D eigenvalue weighted by Crippen LogP contribution is 2.26. The van der Waals surface area contributed by atoms with Crippen LogP contribution >= 0.6 is 12.2 Å². The van der Waals surface area contributed by atoms with Crippen molar-refractivity contribution in [3.8, 4) is 0 Å². The summed E-state index contributed by atoms with van der Waals surface area (Å²) in [4.78, 5) is 3.31. The number of rotatable bonds is 0. The second-order valence-corrected chi connectivity index (χ2v) is 3.97. The minimum atomic E-state index is 0.659. The standard InChI is InChI=1S/C11H9N3S/c1-6-9-7-4-2-3-5-8(7)12-10(9)11(15)14-13-6/h2-5,12H,1H3,(H,14,15). The highest BCUT2D eigenvalue weighted by molar-refractivity contribution is 7.71. The van der Waals surface area contributed by atoms with E-state index in [4.69, 9.17) is 12.2 Å². The number of para-hydroxylation sites is 1. The SMILES string of the molecule is Cc1n[nH]c(=S)c2[nH]c3ccccc3c12. The molecule has 0 amide bonds. The molecule has 3 nitrogen and oxygen atoms in total. The van der Waals surface area contributed by atoms with Gasteiger partial charge in [0, 0.05) is 16.3 Å². The highest BCUT2D eigenvalue weighted by Gasteiger charge is 2.07. The van der Waals surface area contributed by atoms with Crippen LogP contribution in [0.5, 0.6) is 0 Å². The molecule has 0 unspecified atom stereocenters. The molecule has 15 heavy (non-hydrogen) atoms. The van der Waals surface area contributed by atoms with Gasteiger partial charge in [-0.15, -0.1) is 0 Å². The fourth-order valence-electron chi connectivity index (χ4n) is 1.93. The highest BCUT2D eigenvalue weighted by atomic mass is 32.1. The number of nitrogens with one attached hydrogen (secondary N) is 2. The van der Waals surface area contributed by atoms with Gasteiger partial charge in [-0.05, 0) is 13.0 Å². The Balaban J connectivity index is 2.72. The molecule has 3 rings (SSSR count). The van der Waals surface area contributed by atoms with E-state index in [1.165, 1.54) is 5.39 Å². The van der Waals surface area contributed by atoms with Gasteiger partial charge >= 0.3 is 0 Å². The molecule has 2 heterocycles. The molecular weight excluding hydrogens is 206 g/mol. The summed E-state index contributed by atoms with van der Waals surface area (Å²) in [5.41, 5.74) is 3.04. The molecule has 2 aromatic heterocycles. The van der Waals surface area contributed by atoms with Gasteiger partial charge in [0.15, 0.2) is 0 Å². The first-order valence-corrected chi connectivity index (χ1v) is 5.14.